The number of aliphatic carboxylic acids is 1. The smallest absolute Gasteiger partial charge is 0.325 e. The Hall–Kier alpha value is -1.55. The molecule has 1 aromatic rings. The zero-order valence-corrected chi connectivity index (χ0v) is 8.27. The summed E-state index contributed by atoms with van der Waals surface area (Å²) in [5.74, 6) is -1.01. The fraction of sp³-hybridized carbons (Fsp3) is 0.300. The zero-order valence-electron chi connectivity index (χ0n) is 8.27. The number of nitrogens with zero attached hydrogens (tertiary/aromatic N) is 1. The number of hydrogen-bond acceptors (Lipinski definition) is 3. The second-order valence-electron chi connectivity index (χ2n) is 3.27. The van der Waals surface area contributed by atoms with Gasteiger partial charge in [-0.2, -0.15) is 0 Å². The van der Waals surface area contributed by atoms with Gasteiger partial charge in [-0.3, -0.25) is 4.79 Å². The van der Waals surface area contributed by atoms with E-state index in [-0.39, 0.29) is 0 Å². The average molecular weight is 194 g/mol. The van der Waals surface area contributed by atoms with Gasteiger partial charge in [0.05, 0.1) is 0 Å². The fourth-order valence-electron chi connectivity index (χ4n) is 1.29. The highest BCUT2D eigenvalue weighted by Gasteiger charge is 2.17. The first-order chi connectivity index (χ1) is 6.54. The monoisotopic (exact) mass is 194 g/mol. The van der Waals surface area contributed by atoms with Crippen molar-refractivity contribution >= 4 is 11.7 Å². The second kappa shape index (κ2) is 4.11. The SMILES string of the molecule is CN(C)c1ccccc1[C@@H](N)C(=O)O. The molecule has 0 aliphatic rings. The number of hydrogen-bond donors (Lipinski definition) is 2. The molecule has 0 heterocycles. The Balaban J connectivity index is 3.13. The van der Waals surface area contributed by atoms with Crippen molar-refractivity contribution in [2.75, 3.05) is 19.0 Å². The van der Waals surface area contributed by atoms with E-state index in [9.17, 15) is 4.79 Å². The highest BCUT2D eigenvalue weighted by Crippen LogP contribution is 2.23. The van der Waals surface area contributed by atoms with Gasteiger partial charge in [0.15, 0.2) is 0 Å². The summed E-state index contributed by atoms with van der Waals surface area (Å²) in [5.41, 5.74) is 7.02. The Morgan fingerprint density at radius 1 is 1.43 bits per heavy atom. The summed E-state index contributed by atoms with van der Waals surface area (Å²) in [7, 11) is 3.71. The van der Waals surface area contributed by atoms with Gasteiger partial charge in [0, 0.05) is 25.3 Å². The fourth-order valence-corrected chi connectivity index (χ4v) is 1.29. The molecule has 0 aliphatic heterocycles. The highest BCUT2D eigenvalue weighted by molar-refractivity contribution is 5.78. The third-order valence-corrected chi connectivity index (χ3v) is 2.02. The molecule has 14 heavy (non-hydrogen) atoms. The van der Waals surface area contributed by atoms with E-state index >= 15 is 0 Å². The van der Waals surface area contributed by atoms with Crippen molar-refractivity contribution < 1.29 is 9.90 Å². The van der Waals surface area contributed by atoms with Crippen LogP contribution in [0.4, 0.5) is 5.69 Å². The third kappa shape index (κ3) is 2.03. The van der Waals surface area contributed by atoms with E-state index in [2.05, 4.69) is 0 Å². The summed E-state index contributed by atoms with van der Waals surface area (Å²) in [6.45, 7) is 0. The van der Waals surface area contributed by atoms with Gasteiger partial charge < -0.3 is 15.7 Å². The molecule has 0 spiro atoms. The highest BCUT2D eigenvalue weighted by atomic mass is 16.4. The molecule has 0 unspecified atom stereocenters. The van der Waals surface area contributed by atoms with Gasteiger partial charge in [-0.1, -0.05) is 18.2 Å². The lowest BCUT2D eigenvalue weighted by atomic mass is 10.1. The van der Waals surface area contributed by atoms with E-state index in [1.807, 2.05) is 31.1 Å². The molecular weight excluding hydrogens is 180 g/mol. The maximum Gasteiger partial charge on any atom is 0.325 e. The van der Waals surface area contributed by atoms with E-state index in [0.29, 0.717) is 5.56 Å². The maximum absolute atomic E-state index is 10.7. The number of para-hydroxylation sites is 1. The molecule has 1 rings (SSSR count). The summed E-state index contributed by atoms with van der Waals surface area (Å²) in [6, 6.07) is 6.25. The molecule has 1 atom stereocenters. The lowest BCUT2D eigenvalue weighted by molar-refractivity contribution is -0.138. The number of carboxylic acid groups (broad SMARTS) is 1. The van der Waals surface area contributed by atoms with Gasteiger partial charge in [-0.05, 0) is 6.07 Å². The number of nitrogens with two attached hydrogens (primary N) is 1. The van der Waals surface area contributed by atoms with Crippen LogP contribution in [0.5, 0.6) is 0 Å². The summed E-state index contributed by atoms with van der Waals surface area (Å²) in [5, 5.41) is 8.80. The van der Waals surface area contributed by atoms with Crippen LogP contribution in [0.1, 0.15) is 11.6 Å². The van der Waals surface area contributed by atoms with Gasteiger partial charge in [-0.15, -0.1) is 0 Å². The van der Waals surface area contributed by atoms with E-state index in [0.717, 1.165) is 5.69 Å². The predicted octanol–water partition coefficient (Wildman–Crippen LogP) is 0.837. The second-order valence-corrected chi connectivity index (χ2v) is 3.27. The summed E-state index contributed by atoms with van der Waals surface area (Å²) in [4.78, 5) is 12.6. The van der Waals surface area contributed by atoms with Crippen LogP contribution in [-0.2, 0) is 4.79 Å². The molecule has 76 valence electrons. The Morgan fingerprint density at radius 3 is 2.50 bits per heavy atom. The van der Waals surface area contributed by atoms with Crippen LogP contribution in [-0.4, -0.2) is 25.2 Å². The van der Waals surface area contributed by atoms with E-state index < -0.39 is 12.0 Å². The number of carbonyl (C=O) groups is 1. The summed E-state index contributed by atoms with van der Waals surface area (Å²) < 4.78 is 0. The first kappa shape index (κ1) is 10.5. The summed E-state index contributed by atoms with van der Waals surface area (Å²) in [6.07, 6.45) is 0. The molecule has 0 aromatic heterocycles. The number of rotatable bonds is 3. The van der Waals surface area contributed by atoms with Crippen molar-refractivity contribution in [1.29, 1.82) is 0 Å². The number of benzene rings is 1. The molecule has 4 nitrogen and oxygen atoms in total. The molecule has 0 aliphatic carbocycles. The van der Waals surface area contributed by atoms with E-state index in [4.69, 9.17) is 10.8 Å². The van der Waals surface area contributed by atoms with E-state index in [1.165, 1.54) is 0 Å². The lowest BCUT2D eigenvalue weighted by Gasteiger charge is -2.19. The lowest BCUT2D eigenvalue weighted by Crippen LogP contribution is -2.23. The molecule has 0 amide bonds. The zero-order chi connectivity index (χ0) is 10.7. The topological polar surface area (TPSA) is 66.6 Å². The Kier molecular flexibility index (Phi) is 3.09. The molecular formula is C10H14N2O2. The van der Waals surface area contributed by atoms with Crippen LogP contribution in [0.2, 0.25) is 0 Å². The number of carboxylic acids is 1. The Bertz CT molecular complexity index is 337. The van der Waals surface area contributed by atoms with Crippen LogP contribution >= 0.6 is 0 Å². The maximum atomic E-state index is 10.7. The van der Waals surface area contributed by atoms with Crippen LogP contribution in [0.15, 0.2) is 24.3 Å². The first-order valence-electron chi connectivity index (χ1n) is 4.28. The van der Waals surface area contributed by atoms with Crippen molar-refractivity contribution in [2.45, 2.75) is 6.04 Å². The largest absolute Gasteiger partial charge is 0.480 e. The van der Waals surface area contributed by atoms with Crippen LogP contribution in [0, 0.1) is 0 Å². The molecule has 0 saturated carbocycles. The van der Waals surface area contributed by atoms with Gasteiger partial charge in [-0.25, -0.2) is 0 Å². The molecule has 3 N–H and O–H groups in total. The standard InChI is InChI=1S/C10H14N2O2/c1-12(2)8-6-4-3-5-7(8)9(11)10(13)14/h3-6,9H,11H2,1-2H3,(H,13,14)/t9-/m1/s1. The average Bonchev–Trinajstić information content (AvgIpc) is 2.16. The van der Waals surface area contributed by atoms with Crippen molar-refractivity contribution in [2.24, 2.45) is 5.73 Å². The van der Waals surface area contributed by atoms with Gasteiger partial charge >= 0.3 is 5.97 Å². The van der Waals surface area contributed by atoms with E-state index in [1.54, 1.807) is 12.1 Å². The predicted molar refractivity (Wildman–Crippen MR) is 55.3 cm³/mol. The summed E-state index contributed by atoms with van der Waals surface area (Å²) >= 11 is 0. The first-order valence-corrected chi connectivity index (χ1v) is 4.28. The van der Waals surface area contributed by atoms with Crippen molar-refractivity contribution in [3.05, 3.63) is 29.8 Å². The van der Waals surface area contributed by atoms with Crippen LogP contribution in [0.25, 0.3) is 0 Å². The van der Waals surface area contributed by atoms with Crippen LogP contribution < -0.4 is 10.6 Å². The van der Waals surface area contributed by atoms with Gasteiger partial charge in [0.25, 0.3) is 0 Å². The minimum atomic E-state index is -1.01. The third-order valence-electron chi connectivity index (χ3n) is 2.02. The van der Waals surface area contributed by atoms with Crippen molar-refractivity contribution in [3.63, 3.8) is 0 Å². The molecule has 0 radical (unpaired) electrons. The number of anilines is 1. The molecule has 0 bridgehead atoms. The van der Waals surface area contributed by atoms with Gasteiger partial charge in [0.2, 0.25) is 0 Å². The quantitative estimate of drug-likeness (QED) is 0.748. The van der Waals surface area contributed by atoms with Crippen molar-refractivity contribution in [1.82, 2.24) is 0 Å². The minimum absolute atomic E-state index is 0.630. The molecule has 0 fully saturated rings. The minimum Gasteiger partial charge on any atom is -0.480 e. The van der Waals surface area contributed by atoms with Crippen LogP contribution in [0.3, 0.4) is 0 Å². The van der Waals surface area contributed by atoms with Gasteiger partial charge in [0.1, 0.15) is 6.04 Å². The Morgan fingerprint density at radius 2 is 2.00 bits per heavy atom. The Labute approximate surface area is 82.9 Å². The molecule has 1 aromatic carbocycles. The molecule has 4 heteroatoms. The normalized spacial score (nSPS) is 12.2. The molecule has 0 saturated heterocycles. The van der Waals surface area contributed by atoms with Crippen molar-refractivity contribution in [3.8, 4) is 0 Å².